The van der Waals surface area contributed by atoms with Crippen molar-refractivity contribution in [2.45, 2.75) is 45.0 Å². The first-order valence-electron chi connectivity index (χ1n) is 7.27. The van der Waals surface area contributed by atoms with Crippen LogP contribution < -0.4 is 10.0 Å². The highest BCUT2D eigenvalue weighted by Crippen LogP contribution is 2.27. The number of rotatable bonds is 7. The molecule has 112 valence electrons. The maximum absolute atomic E-state index is 12.0. The Kier molecular flexibility index (Phi) is 5.18. The average Bonchev–Trinajstić information content (AvgIpc) is 2.35. The number of benzene rings is 1. The molecule has 2 N–H and O–H groups in total. The maximum atomic E-state index is 12.0. The third-order valence-corrected chi connectivity index (χ3v) is 5.08. The average molecular weight is 296 g/mol. The normalized spacial score (nSPS) is 22.5. The molecule has 0 aliphatic heterocycles. The minimum atomic E-state index is -3.21. The van der Waals surface area contributed by atoms with Gasteiger partial charge in [0.2, 0.25) is 10.0 Å². The van der Waals surface area contributed by atoms with Crippen LogP contribution in [0.1, 0.15) is 37.8 Å². The molecule has 0 atom stereocenters. The summed E-state index contributed by atoms with van der Waals surface area (Å²) in [5.41, 5.74) is 2.01. The van der Waals surface area contributed by atoms with Gasteiger partial charge in [-0.25, -0.2) is 13.1 Å². The van der Waals surface area contributed by atoms with Gasteiger partial charge in [-0.2, -0.15) is 0 Å². The van der Waals surface area contributed by atoms with Crippen LogP contribution in [-0.4, -0.2) is 21.0 Å². The van der Waals surface area contributed by atoms with Crippen LogP contribution in [0, 0.1) is 5.92 Å². The summed E-state index contributed by atoms with van der Waals surface area (Å²) >= 11 is 0. The molecule has 1 fully saturated rings. The van der Waals surface area contributed by atoms with Crippen LogP contribution in [0.25, 0.3) is 0 Å². The van der Waals surface area contributed by atoms with Gasteiger partial charge < -0.3 is 5.32 Å². The second-order valence-corrected chi connectivity index (χ2v) is 7.50. The highest BCUT2D eigenvalue weighted by molar-refractivity contribution is 7.88. The summed E-state index contributed by atoms with van der Waals surface area (Å²) in [6, 6.07) is 7.91. The van der Waals surface area contributed by atoms with Crippen molar-refractivity contribution in [1.29, 1.82) is 0 Å². The molecule has 1 aromatic carbocycles. The molecular formula is C15H24N2O2S. The molecule has 0 bridgehead atoms. The van der Waals surface area contributed by atoms with E-state index in [4.69, 9.17) is 0 Å². The van der Waals surface area contributed by atoms with Crippen LogP contribution in [0.4, 0.5) is 0 Å². The van der Waals surface area contributed by atoms with Gasteiger partial charge in [-0.1, -0.05) is 38.1 Å². The number of hydrogen-bond donors (Lipinski definition) is 2. The molecule has 0 spiro atoms. The van der Waals surface area contributed by atoms with Crippen molar-refractivity contribution in [2.24, 2.45) is 5.92 Å². The summed E-state index contributed by atoms with van der Waals surface area (Å²) in [5, 5.41) is 3.25. The van der Waals surface area contributed by atoms with Gasteiger partial charge in [0, 0.05) is 12.6 Å². The summed E-state index contributed by atoms with van der Waals surface area (Å²) in [7, 11) is -3.21. The molecule has 1 saturated carbocycles. The van der Waals surface area contributed by atoms with Crippen molar-refractivity contribution in [3.63, 3.8) is 0 Å². The second-order valence-electron chi connectivity index (χ2n) is 5.75. The Labute approximate surface area is 122 Å². The summed E-state index contributed by atoms with van der Waals surface area (Å²) in [4.78, 5) is 0. The lowest BCUT2D eigenvalue weighted by Gasteiger charge is -2.32. The van der Waals surface area contributed by atoms with Gasteiger partial charge in [0.1, 0.15) is 0 Å². The van der Waals surface area contributed by atoms with E-state index in [9.17, 15) is 8.42 Å². The highest BCUT2D eigenvalue weighted by atomic mass is 32.2. The molecular weight excluding hydrogens is 272 g/mol. The first kappa shape index (κ1) is 15.5. The molecule has 1 aliphatic carbocycles. The Bertz CT molecular complexity index is 519. The molecule has 20 heavy (non-hydrogen) atoms. The van der Waals surface area contributed by atoms with Crippen molar-refractivity contribution in [3.8, 4) is 0 Å². The Balaban J connectivity index is 1.88. The van der Waals surface area contributed by atoms with Crippen LogP contribution >= 0.6 is 0 Å². The minimum absolute atomic E-state index is 0.0688. The van der Waals surface area contributed by atoms with Crippen molar-refractivity contribution < 1.29 is 8.42 Å². The monoisotopic (exact) mass is 296 g/mol. The van der Waals surface area contributed by atoms with E-state index in [1.807, 2.05) is 24.3 Å². The maximum Gasteiger partial charge on any atom is 0.216 e. The van der Waals surface area contributed by atoms with Gasteiger partial charge in [0.05, 0.1) is 5.75 Å². The standard InChI is InChI=1S/C15H24N2O2S/c1-3-16-10-13-4-6-14(7-5-13)11-20(18,19)17-15-8-12(2)9-15/h4-7,12,15-17H,3,8-11H2,1-2H3. The van der Waals surface area contributed by atoms with Crippen molar-refractivity contribution in [1.82, 2.24) is 10.0 Å². The first-order chi connectivity index (χ1) is 9.48. The van der Waals surface area contributed by atoms with E-state index in [2.05, 4.69) is 23.9 Å². The zero-order valence-corrected chi connectivity index (χ0v) is 13.0. The Morgan fingerprint density at radius 2 is 1.75 bits per heavy atom. The molecule has 0 radical (unpaired) electrons. The molecule has 5 heteroatoms. The van der Waals surface area contributed by atoms with Gasteiger partial charge in [-0.15, -0.1) is 0 Å². The molecule has 0 amide bonds. The molecule has 0 heterocycles. The zero-order valence-electron chi connectivity index (χ0n) is 12.2. The van der Waals surface area contributed by atoms with Crippen molar-refractivity contribution in [2.75, 3.05) is 6.54 Å². The third kappa shape index (κ3) is 4.58. The largest absolute Gasteiger partial charge is 0.313 e. The van der Waals surface area contributed by atoms with E-state index in [0.717, 1.165) is 31.5 Å². The van der Waals surface area contributed by atoms with Crippen LogP contribution in [0.3, 0.4) is 0 Å². The predicted octanol–water partition coefficient (Wildman–Crippen LogP) is 2.01. The quantitative estimate of drug-likeness (QED) is 0.809. The number of hydrogen-bond acceptors (Lipinski definition) is 3. The summed E-state index contributed by atoms with van der Waals surface area (Å²) < 4.78 is 26.9. The summed E-state index contributed by atoms with van der Waals surface area (Å²) in [6.45, 7) is 5.96. The molecule has 0 saturated heterocycles. The first-order valence-corrected chi connectivity index (χ1v) is 8.92. The van der Waals surface area contributed by atoms with E-state index >= 15 is 0 Å². The second kappa shape index (κ2) is 6.70. The highest BCUT2D eigenvalue weighted by Gasteiger charge is 2.28. The third-order valence-electron chi connectivity index (χ3n) is 3.68. The van der Waals surface area contributed by atoms with Gasteiger partial charge >= 0.3 is 0 Å². The fourth-order valence-electron chi connectivity index (χ4n) is 2.54. The summed E-state index contributed by atoms with van der Waals surface area (Å²) in [5.74, 6) is 0.715. The van der Waals surface area contributed by atoms with E-state index in [-0.39, 0.29) is 11.8 Å². The van der Waals surface area contributed by atoms with Crippen LogP contribution in [0.5, 0.6) is 0 Å². The lowest BCUT2D eigenvalue weighted by atomic mass is 9.83. The molecule has 1 aliphatic rings. The van der Waals surface area contributed by atoms with Crippen molar-refractivity contribution in [3.05, 3.63) is 35.4 Å². The van der Waals surface area contributed by atoms with E-state index in [1.54, 1.807) is 0 Å². The molecule has 0 aromatic heterocycles. The van der Waals surface area contributed by atoms with Crippen LogP contribution in [-0.2, 0) is 22.3 Å². The number of sulfonamides is 1. The minimum Gasteiger partial charge on any atom is -0.313 e. The number of nitrogens with one attached hydrogen (secondary N) is 2. The smallest absolute Gasteiger partial charge is 0.216 e. The Hall–Kier alpha value is -0.910. The van der Waals surface area contributed by atoms with Crippen molar-refractivity contribution >= 4 is 10.0 Å². The zero-order chi connectivity index (χ0) is 14.6. The fraction of sp³-hybridized carbons (Fsp3) is 0.600. The van der Waals surface area contributed by atoms with Gasteiger partial charge in [0.25, 0.3) is 0 Å². The van der Waals surface area contributed by atoms with E-state index in [0.29, 0.717) is 5.92 Å². The van der Waals surface area contributed by atoms with Gasteiger partial charge in [0.15, 0.2) is 0 Å². The van der Waals surface area contributed by atoms with E-state index in [1.165, 1.54) is 5.56 Å². The van der Waals surface area contributed by atoms with Crippen LogP contribution in [0.15, 0.2) is 24.3 Å². The Morgan fingerprint density at radius 3 is 2.30 bits per heavy atom. The molecule has 0 unspecified atom stereocenters. The topological polar surface area (TPSA) is 58.2 Å². The van der Waals surface area contributed by atoms with Gasteiger partial charge in [-0.3, -0.25) is 0 Å². The van der Waals surface area contributed by atoms with Crippen LogP contribution in [0.2, 0.25) is 0 Å². The van der Waals surface area contributed by atoms with Gasteiger partial charge in [-0.05, 0) is 36.4 Å². The lowest BCUT2D eigenvalue weighted by molar-refractivity contribution is 0.270. The predicted molar refractivity (Wildman–Crippen MR) is 81.8 cm³/mol. The Morgan fingerprint density at radius 1 is 1.15 bits per heavy atom. The molecule has 4 nitrogen and oxygen atoms in total. The molecule has 2 rings (SSSR count). The summed E-state index contributed by atoms with van der Waals surface area (Å²) in [6.07, 6.45) is 1.92. The SMILES string of the molecule is CCNCc1ccc(CS(=O)(=O)NC2CC(C)C2)cc1. The van der Waals surface area contributed by atoms with E-state index < -0.39 is 10.0 Å². The molecule has 1 aromatic rings. The lowest BCUT2D eigenvalue weighted by Crippen LogP contribution is -2.43. The fourth-order valence-corrected chi connectivity index (χ4v) is 3.95.